The van der Waals surface area contributed by atoms with E-state index in [1.54, 1.807) is 6.20 Å². The molecule has 0 bridgehead atoms. The third-order valence-electron chi connectivity index (χ3n) is 6.15. The maximum Gasteiger partial charge on any atom is 0.309 e. The van der Waals surface area contributed by atoms with E-state index < -0.39 is 0 Å². The number of hydrogen-bond donors (Lipinski definition) is 1. The SMILES string of the molecule is CCOC(=O)C1CCN(c2ccc(Nc3ncc(Cl)c(CC[C@H]4CCCO4)n3)cc2)CC1. The predicted octanol–water partition coefficient (Wildman–Crippen LogP) is 4.76. The molecule has 8 heteroatoms. The van der Waals surface area contributed by atoms with Crippen molar-refractivity contribution in [1.29, 1.82) is 0 Å². The number of esters is 1. The van der Waals surface area contributed by atoms with E-state index in [-0.39, 0.29) is 11.9 Å². The lowest BCUT2D eigenvalue weighted by Gasteiger charge is -2.32. The molecule has 0 aliphatic carbocycles. The van der Waals surface area contributed by atoms with Crippen LogP contribution in [-0.2, 0) is 20.7 Å². The van der Waals surface area contributed by atoms with Crippen molar-refractivity contribution < 1.29 is 14.3 Å². The molecule has 4 rings (SSSR count). The Morgan fingerprint density at radius 1 is 1.25 bits per heavy atom. The molecule has 0 amide bonds. The fourth-order valence-corrected chi connectivity index (χ4v) is 4.51. The van der Waals surface area contributed by atoms with Crippen LogP contribution in [0.4, 0.5) is 17.3 Å². The second-order valence-electron chi connectivity index (χ2n) is 8.35. The van der Waals surface area contributed by atoms with Crippen LogP contribution in [0.1, 0.15) is 44.7 Å². The van der Waals surface area contributed by atoms with Crippen LogP contribution in [0.3, 0.4) is 0 Å². The van der Waals surface area contributed by atoms with Crippen LogP contribution in [0.5, 0.6) is 0 Å². The number of carbonyl (C=O) groups excluding carboxylic acids is 1. The summed E-state index contributed by atoms with van der Waals surface area (Å²) in [5.74, 6) is 0.494. The number of nitrogens with one attached hydrogen (secondary N) is 1. The first kappa shape index (κ1) is 22.8. The highest BCUT2D eigenvalue weighted by atomic mass is 35.5. The van der Waals surface area contributed by atoms with Gasteiger partial charge in [0.15, 0.2) is 0 Å². The number of piperidine rings is 1. The quantitative estimate of drug-likeness (QED) is 0.571. The van der Waals surface area contributed by atoms with Crippen molar-refractivity contribution in [2.45, 2.75) is 51.6 Å². The zero-order valence-corrected chi connectivity index (χ0v) is 19.3. The standard InChI is InChI=1S/C24H31ClN4O3/c1-2-31-23(30)17-11-13-29(14-12-17)19-7-5-18(6-8-19)27-24-26-16-21(25)22(28-24)10-9-20-4-3-15-32-20/h5-8,16-17,20H,2-4,9-15H2,1H3,(H,26,27,28)/t20-/m1/s1. The van der Waals surface area contributed by atoms with Gasteiger partial charge in [0.05, 0.1) is 35.5 Å². The molecular formula is C24H31ClN4O3. The van der Waals surface area contributed by atoms with Gasteiger partial charge in [-0.05, 0) is 69.7 Å². The van der Waals surface area contributed by atoms with Crippen molar-refractivity contribution in [3.8, 4) is 0 Å². The summed E-state index contributed by atoms with van der Waals surface area (Å²) in [4.78, 5) is 23.2. The van der Waals surface area contributed by atoms with Gasteiger partial charge in [-0.3, -0.25) is 4.79 Å². The number of hydrogen-bond acceptors (Lipinski definition) is 7. The van der Waals surface area contributed by atoms with E-state index in [1.807, 2.05) is 19.1 Å². The summed E-state index contributed by atoms with van der Waals surface area (Å²) in [6.45, 7) is 4.86. The molecule has 2 saturated heterocycles. The zero-order valence-electron chi connectivity index (χ0n) is 18.6. The Morgan fingerprint density at radius 3 is 2.72 bits per heavy atom. The van der Waals surface area contributed by atoms with Crippen LogP contribution in [0, 0.1) is 5.92 Å². The van der Waals surface area contributed by atoms with Crippen molar-refractivity contribution in [3.05, 3.63) is 41.2 Å². The number of halogens is 1. The van der Waals surface area contributed by atoms with Gasteiger partial charge in [0.2, 0.25) is 5.95 Å². The molecule has 1 atom stereocenters. The molecular weight excluding hydrogens is 428 g/mol. The normalized spacial score (nSPS) is 19.2. The first-order valence-electron chi connectivity index (χ1n) is 11.5. The topological polar surface area (TPSA) is 76.6 Å². The van der Waals surface area contributed by atoms with Crippen LogP contribution in [0.15, 0.2) is 30.5 Å². The third-order valence-corrected chi connectivity index (χ3v) is 6.46. The van der Waals surface area contributed by atoms with Gasteiger partial charge in [-0.2, -0.15) is 0 Å². The molecule has 0 spiro atoms. The number of rotatable bonds is 8. The van der Waals surface area contributed by atoms with E-state index in [1.165, 1.54) is 0 Å². The molecule has 0 unspecified atom stereocenters. The van der Waals surface area contributed by atoms with Crippen molar-refractivity contribution in [1.82, 2.24) is 9.97 Å². The van der Waals surface area contributed by atoms with Gasteiger partial charge >= 0.3 is 5.97 Å². The lowest BCUT2D eigenvalue weighted by molar-refractivity contribution is -0.148. The lowest BCUT2D eigenvalue weighted by atomic mass is 9.96. The Balaban J connectivity index is 1.32. The number of aromatic nitrogens is 2. The lowest BCUT2D eigenvalue weighted by Crippen LogP contribution is -2.36. The highest BCUT2D eigenvalue weighted by molar-refractivity contribution is 6.31. The van der Waals surface area contributed by atoms with Crippen LogP contribution >= 0.6 is 11.6 Å². The average Bonchev–Trinajstić information content (AvgIpc) is 3.34. The molecule has 1 aromatic heterocycles. The van der Waals surface area contributed by atoms with Crippen LogP contribution in [0.25, 0.3) is 0 Å². The average molecular weight is 459 g/mol. The van der Waals surface area contributed by atoms with Crippen LogP contribution < -0.4 is 10.2 Å². The Kier molecular flexibility index (Phi) is 7.81. The minimum atomic E-state index is -0.0650. The summed E-state index contributed by atoms with van der Waals surface area (Å²) < 4.78 is 10.9. The molecule has 2 aliphatic heterocycles. The smallest absolute Gasteiger partial charge is 0.309 e. The molecule has 0 radical (unpaired) electrons. The fourth-order valence-electron chi connectivity index (χ4n) is 4.33. The van der Waals surface area contributed by atoms with Gasteiger partial charge < -0.3 is 19.7 Å². The van der Waals surface area contributed by atoms with Crippen LogP contribution in [0.2, 0.25) is 5.02 Å². The Hall–Kier alpha value is -2.38. The second kappa shape index (κ2) is 11.0. The summed E-state index contributed by atoms with van der Waals surface area (Å²) in [5.41, 5.74) is 2.91. The van der Waals surface area contributed by atoms with Gasteiger partial charge in [0, 0.05) is 31.1 Å². The monoisotopic (exact) mass is 458 g/mol. The summed E-state index contributed by atoms with van der Waals surface area (Å²) in [6.07, 6.45) is 7.57. The number of nitrogens with zero attached hydrogens (tertiary/aromatic N) is 3. The van der Waals surface area contributed by atoms with E-state index in [0.717, 1.165) is 75.3 Å². The van der Waals surface area contributed by atoms with Crippen molar-refractivity contribution in [2.24, 2.45) is 5.92 Å². The van der Waals surface area contributed by atoms with Crippen molar-refractivity contribution in [3.63, 3.8) is 0 Å². The fraction of sp³-hybridized carbons (Fsp3) is 0.542. The summed E-state index contributed by atoms with van der Waals surface area (Å²) in [5, 5.41) is 3.87. The van der Waals surface area contributed by atoms with E-state index in [4.69, 9.17) is 21.1 Å². The summed E-state index contributed by atoms with van der Waals surface area (Å²) >= 11 is 6.31. The molecule has 1 N–H and O–H groups in total. The number of benzene rings is 1. The first-order chi connectivity index (χ1) is 15.6. The number of carbonyl (C=O) groups is 1. The largest absolute Gasteiger partial charge is 0.466 e. The highest BCUT2D eigenvalue weighted by Crippen LogP contribution is 2.27. The molecule has 1 aromatic carbocycles. The molecule has 3 heterocycles. The van der Waals surface area contributed by atoms with E-state index in [0.29, 0.717) is 23.7 Å². The Bertz CT molecular complexity index is 895. The molecule has 32 heavy (non-hydrogen) atoms. The molecule has 172 valence electrons. The molecule has 2 aliphatic rings. The van der Waals surface area contributed by atoms with Gasteiger partial charge in [0.25, 0.3) is 0 Å². The number of aryl methyl sites for hydroxylation is 1. The van der Waals surface area contributed by atoms with E-state index in [9.17, 15) is 4.79 Å². The molecule has 0 saturated carbocycles. The maximum absolute atomic E-state index is 11.9. The second-order valence-corrected chi connectivity index (χ2v) is 8.75. The van der Waals surface area contributed by atoms with Gasteiger partial charge in [-0.25, -0.2) is 9.97 Å². The Morgan fingerprint density at radius 2 is 2.03 bits per heavy atom. The maximum atomic E-state index is 11.9. The molecule has 2 fully saturated rings. The van der Waals surface area contributed by atoms with Gasteiger partial charge in [-0.1, -0.05) is 11.6 Å². The summed E-state index contributed by atoms with van der Waals surface area (Å²) in [7, 11) is 0. The van der Waals surface area contributed by atoms with Crippen molar-refractivity contribution >= 4 is 34.9 Å². The Labute approximate surface area is 194 Å². The summed E-state index contributed by atoms with van der Waals surface area (Å²) in [6, 6.07) is 8.22. The molecule has 2 aromatic rings. The van der Waals surface area contributed by atoms with Crippen molar-refractivity contribution in [2.75, 3.05) is 36.5 Å². The molecule has 7 nitrogen and oxygen atoms in total. The zero-order chi connectivity index (χ0) is 22.3. The third kappa shape index (κ3) is 5.90. The van der Waals surface area contributed by atoms with E-state index >= 15 is 0 Å². The minimum Gasteiger partial charge on any atom is -0.466 e. The number of anilines is 3. The van der Waals surface area contributed by atoms with Crippen LogP contribution in [-0.4, -0.2) is 48.3 Å². The van der Waals surface area contributed by atoms with Gasteiger partial charge in [0.1, 0.15) is 0 Å². The minimum absolute atomic E-state index is 0.0172. The highest BCUT2D eigenvalue weighted by Gasteiger charge is 2.26. The van der Waals surface area contributed by atoms with Gasteiger partial charge in [-0.15, -0.1) is 0 Å². The first-order valence-corrected chi connectivity index (χ1v) is 11.9. The number of ether oxygens (including phenoxy) is 2. The predicted molar refractivity (Wildman–Crippen MR) is 126 cm³/mol. The van der Waals surface area contributed by atoms with E-state index in [2.05, 4.69) is 32.3 Å².